The van der Waals surface area contributed by atoms with E-state index >= 15 is 0 Å². The summed E-state index contributed by atoms with van der Waals surface area (Å²) in [5.74, 6) is -0.473. The zero-order valence-corrected chi connectivity index (χ0v) is 20.6. The maximum atomic E-state index is 13.0. The van der Waals surface area contributed by atoms with Crippen LogP contribution in [0.4, 0.5) is 5.69 Å². The zero-order valence-electron chi connectivity index (χ0n) is 19.7. The number of hydrogen-bond acceptors (Lipinski definition) is 5. The van der Waals surface area contributed by atoms with Crippen LogP contribution in [0.25, 0.3) is 0 Å². The normalized spacial score (nSPS) is 18.3. The lowest BCUT2D eigenvalue weighted by molar-refractivity contribution is -0.125. The number of fused-ring (bicyclic) bond motifs is 1. The van der Waals surface area contributed by atoms with Gasteiger partial charge in [0.2, 0.25) is 21.8 Å². The third kappa shape index (κ3) is 5.16. The second-order valence-electron chi connectivity index (χ2n) is 9.03. The highest BCUT2D eigenvalue weighted by Crippen LogP contribution is 2.35. The summed E-state index contributed by atoms with van der Waals surface area (Å²) >= 11 is 0. The third-order valence-electron chi connectivity index (χ3n) is 6.47. The van der Waals surface area contributed by atoms with E-state index in [4.69, 9.17) is 0 Å². The fraction of sp³-hybridized carbons (Fsp3) is 0.440. The minimum Gasteiger partial charge on any atom is -0.353 e. The van der Waals surface area contributed by atoms with Crippen molar-refractivity contribution in [2.45, 2.75) is 43.7 Å². The molecule has 0 aromatic heterocycles. The van der Waals surface area contributed by atoms with Crippen molar-refractivity contribution in [3.05, 3.63) is 59.7 Å². The Labute approximate surface area is 201 Å². The maximum absolute atomic E-state index is 13.0. The van der Waals surface area contributed by atoms with Crippen LogP contribution < -0.4 is 10.2 Å². The Morgan fingerprint density at radius 2 is 1.79 bits per heavy atom. The SMILES string of the molecule is CC(=O)N1c2ccc(S(=O)(=O)N3CCCC3)cc2C[C@@H]1C(=O)NCCN(C)Cc1ccccc1. The van der Waals surface area contributed by atoms with Gasteiger partial charge in [0.05, 0.1) is 4.90 Å². The largest absolute Gasteiger partial charge is 0.353 e. The lowest BCUT2D eigenvalue weighted by Crippen LogP contribution is -2.48. The van der Waals surface area contributed by atoms with Gasteiger partial charge >= 0.3 is 0 Å². The lowest BCUT2D eigenvalue weighted by atomic mass is 10.1. The van der Waals surface area contributed by atoms with Crippen LogP contribution in [-0.4, -0.2) is 68.7 Å². The van der Waals surface area contributed by atoms with Crippen molar-refractivity contribution in [1.82, 2.24) is 14.5 Å². The summed E-state index contributed by atoms with van der Waals surface area (Å²) in [6.07, 6.45) is 2.03. The smallest absolute Gasteiger partial charge is 0.243 e. The third-order valence-corrected chi connectivity index (χ3v) is 8.36. The van der Waals surface area contributed by atoms with Crippen LogP contribution in [0.3, 0.4) is 0 Å². The molecule has 0 radical (unpaired) electrons. The first-order valence-corrected chi connectivity index (χ1v) is 13.1. The number of likely N-dealkylation sites (N-methyl/N-ethyl adjacent to an activating group) is 1. The highest BCUT2D eigenvalue weighted by molar-refractivity contribution is 7.89. The van der Waals surface area contributed by atoms with Crippen molar-refractivity contribution in [3.63, 3.8) is 0 Å². The molecule has 1 saturated heterocycles. The zero-order chi connectivity index (χ0) is 24.3. The standard InChI is InChI=1S/C25H32N4O4S/c1-19(30)29-23-11-10-22(34(32,33)28-13-6-7-14-28)16-21(23)17-24(29)25(31)26-12-15-27(2)18-20-8-4-3-5-9-20/h3-5,8-11,16,24H,6-7,12-15,17-18H2,1-2H3,(H,26,31)/t24-/m1/s1. The molecule has 0 bridgehead atoms. The molecule has 2 aromatic rings. The first-order valence-electron chi connectivity index (χ1n) is 11.7. The van der Waals surface area contributed by atoms with Crippen LogP contribution in [0.1, 0.15) is 30.9 Å². The first-order chi connectivity index (χ1) is 16.3. The monoisotopic (exact) mass is 484 g/mol. The lowest BCUT2D eigenvalue weighted by Gasteiger charge is -2.24. The summed E-state index contributed by atoms with van der Waals surface area (Å²) in [6.45, 7) is 4.39. The van der Waals surface area contributed by atoms with E-state index in [1.54, 1.807) is 18.2 Å². The molecule has 0 saturated carbocycles. The van der Waals surface area contributed by atoms with Gasteiger partial charge in [0.15, 0.2) is 0 Å². The van der Waals surface area contributed by atoms with Gasteiger partial charge in [0.25, 0.3) is 0 Å². The van der Waals surface area contributed by atoms with Crippen LogP contribution in [0.2, 0.25) is 0 Å². The molecule has 34 heavy (non-hydrogen) atoms. The van der Waals surface area contributed by atoms with E-state index < -0.39 is 16.1 Å². The van der Waals surface area contributed by atoms with E-state index in [0.717, 1.165) is 19.4 Å². The molecule has 2 aliphatic rings. The summed E-state index contributed by atoms with van der Waals surface area (Å²) in [4.78, 5) is 29.2. The molecule has 2 aliphatic heterocycles. The number of benzene rings is 2. The van der Waals surface area contributed by atoms with Crippen molar-refractivity contribution >= 4 is 27.5 Å². The maximum Gasteiger partial charge on any atom is 0.243 e. The van der Waals surface area contributed by atoms with Gasteiger partial charge in [-0.15, -0.1) is 0 Å². The van der Waals surface area contributed by atoms with E-state index in [1.165, 1.54) is 21.7 Å². The molecule has 0 aliphatic carbocycles. The molecule has 0 unspecified atom stereocenters. The Bertz CT molecular complexity index is 1150. The van der Waals surface area contributed by atoms with Gasteiger partial charge in [-0.25, -0.2) is 8.42 Å². The van der Waals surface area contributed by atoms with Gasteiger partial charge in [-0.3, -0.25) is 14.5 Å². The minimum absolute atomic E-state index is 0.222. The van der Waals surface area contributed by atoms with Crippen molar-refractivity contribution in [2.75, 3.05) is 38.1 Å². The average Bonchev–Trinajstić information content (AvgIpc) is 3.48. The second-order valence-corrected chi connectivity index (χ2v) is 11.0. The van der Waals surface area contributed by atoms with Crippen LogP contribution in [0, 0.1) is 0 Å². The predicted octanol–water partition coefficient (Wildman–Crippen LogP) is 2.00. The van der Waals surface area contributed by atoms with Gasteiger partial charge in [-0.2, -0.15) is 4.31 Å². The molecule has 2 amide bonds. The fourth-order valence-corrected chi connectivity index (χ4v) is 6.30. The number of carbonyl (C=O) groups is 2. The van der Waals surface area contributed by atoms with Crippen molar-refractivity contribution < 1.29 is 18.0 Å². The molecule has 1 fully saturated rings. The number of nitrogens with one attached hydrogen (secondary N) is 1. The molecule has 1 atom stereocenters. The number of sulfonamides is 1. The number of amides is 2. The summed E-state index contributed by atoms with van der Waals surface area (Å²) in [6, 6.07) is 14.2. The summed E-state index contributed by atoms with van der Waals surface area (Å²) in [5.41, 5.74) is 2.51. The van der Waals surface area contributed by atoms with Gasteiger partial charge in [0, 0.05) is 51.8 Å². The Kier molecular flexibility index (Phi) is 7.35. The fourth-order valence-electron chi connectivity index (χ4n) is 4.73. The molecule has 1 N–H and O–H groups in total. The molecular formula is C25H32N4O4S. The highest BCUT2D eigenvalue weighted by Gasteiger charge is 2.38. The van der Waals surface area contributed by atoms with Crippen LogP contribution in [0.5, 0.6) is 0 Å². The molecule has 2 heterocycles. The van der Waals surface area contributed by atoms with E-state index in [-0.39, 0.29) is 16.7 Å². The van der Waals surface area contributed by atoms with Crippen molar-refractivity contribution in [2.24, 2.45) is 0 Å². The number of anilines is 1. The molecule has 8 nitrogen and oxygen atoms in total. The summed E-state index contributed by atoms with van der Waals surface area (Å²) in [5, 5.41) is 2.95. The molecule has 2 aromatic carbocycles. The van der Waals surface area contributed by atoms with E-state index in [0.29, 0.717) is 43.9 Å². The van der Waals surface area contributed by atoms with E-state index in [1.807, 2.05) is 25.2 Å². The Morgan fingerprint density at radius 3 is 2.47 bits per heavy atom. The van der Waals surface area contributed by atoms with Crippen LogP contribution >= 0.6 is 0 Å². The molecule has 4 rings (SSSR count). The number of rotatable bonds is 8. The molecule has 182 valence electrons. The van der Waals surface area contributed by atoms with Crippen LogP contribution in [0.15, 0.2) is 53.4 Å². The van der Waals surface area contributed by atoms with Crippen LogP contribution in [-0.2, 0) is 32.6 Å². The molecular weight excluding hydrogens is 452 g/mol. The Balaban J connectivity index is 1.41. The van der Waals surface area contributed by atoms with E-state index in [2.05, 4.69) is 22.3 Å². The second kappa shape index (κ2) is 10.2. The summed E-state index contributed by atoms with van der Waals surface area (Å²) < 4.78 is 27.4. The number of carbonyl (C=O) groups excluding carboxylic acids is 2. The topological polar surface area (TPSA) is 90.0 Å². The van der Waals surface area contributed by atoms with Gasteiger partial charge in [-0.05, 0) is 49.2 Å². The molecule has 0 spiro atoms. The predicted molar refractivity (Wildman–Crippen MR) is 131 cm³/mol. The van der Waals surface area contributed by atoms with Crippen molar-refractivity contribution in [3.8, 4) is 0 Å². The van der Waals surface area contributed by atoms with Gasteiger partial charge in [0.1, 0.15) is 6.04 Å². The summed E-state index contributed by atoms with van der Waals surface area (Å²) in [7, 11) is -1.57. The first kappa shape index (κ1) is 24.4. The van der Waals surface area contributed by atoms with Crippen molar-refractivity contribution in [1.29, 1.82) is 0 Å². The van der Waals surface area contributed by atoms with Gasteiger partial charge in [-0.1, -0.05) is 30.3 Å². The quantitative estimate of drug-likeness (QED) is 0.619. The number of hydrogen-bond donors (Lipinski definition) is 1. The Morgan fingerprint density at radius 1 is 1.09 bits per heavy atom. The van der Waals surface area contributed by atoms with E-state index in [9.17, 15) is 18.0 Å². The number of nitrogens with zero attached hydrogens (tertiary/aromatic N) is 3. The minimum atomic E-state index is -3.56. The molecule has 9 heteroatoms. The van der Waals surface area contributed by atoms with Gasteiger partial charge < -0.3 is 10.2 Å². The Hall–Kier alpha value is -2.75. The average molecular weight is 485 g/mol. The highest BCUT2D eigenvalue weighted by atomic mass is 32.2.